The predicted octanol–water partition coefficient (Wildman–Crippen LogP) is 3.22. The number of hydrogen-bond acceptors (Lipinski definition) is 4. The molecule has 0 aliphatic carbocycles. The van der Waals surface area contributed by atoms with E-state index in [1.54, 1.807) is 36.4 Å². The van der Waals surface area contributed by atoms with Crippen LogP contribution in [0.25, 0.3) is 0 Å². The van der Waals surface area contributed by atoms with Gasteiger partial charge in [0.2, 0.25) is 15.9 Å². The van der Waals surface area contributed by atoms with Gasteiger partial charge in [-0.25, -0.2) is 8.42 Å². The zero-order valence-electron chi connectivity index (χ0n) is 14.8. The van der Waals surface area contributed by atoms with Crippen molar-refractivity contribution in [1.82, 2.24) is 0 Å². The van der Waals surface area contributed by atoms with Gasteiger partial charge in [0.25, 0.3) is 0 Å². The van der Waals surface area contributed by atoms with Gasteiger partial charge in [0.15, 0.2) is 5.78 Å². The SMILES string of the molecule is CCc1ccc(C(=O)CCC(=O)Nc2ccccc2NS(C)(=O)=O)cc1. The minimum atomic E-state index is -3.46. The zero-order chi connectivity index (χ0) is 19.2. The third kappa shape index (κ3) is 6.00. The molecule has 26 heavy (non-hydrogen) atoms. The summed E-state index contributed by atoms with van der Waals surface area (Å²) in [5.74, 6) is -0.461. The van der Waals surface area contributed by atoms with E-state index in [0.717, 1.165) is 18.2 Å². The first kappa shape index (κ1) is 19.7. The Morgan fingerprint density at radius 1 is 0.923 bits per heavy atom. The van der Waals surface area contributed by atoms with Gasteiger partial charge in [-0.1, -0.05) is 43.3 Å². The summed E-state index contributed by atoms with van der Waals surface area (Å²) in [6.45, 7) is 2.04. The average molecular weight is 374 g/mol. The Labute approximate surface area is 153 Å². The largest absolute Gasteiger partial charge is 0.324 e. The summed E-state index contributed by atoms with van der Waals surface area (Å²) in [5, 5.41) is 2.64. The van der Waals surface area contributed by atoms with Crippen LogP contribution in [-0.2, 0) is 21.2 Å². The fourth-order valence-electron chi connectivity index (χ4n) is 2.39. The summed E-state index contributed by atoms with van der Waals surface area (Å²) < 4.78 is 25.1. The highest BCUT2D eigenvalue weighted by Gasteiger charge is 2.12. The third-order valence-electron chi connectivity index (χ3n) is 3.76. The molecule has 1 amide bonds. The average Bonchev–Trinajstić information content (AvgIpc) is 2.60. The predicted molar refractivity (Wildman–Crippen MR) is 103 cm³/mol. The molecule has 0 heterocycles. The summed E-state index contributed by atoms with van der Waals surface area (Å²) >= 11 is 0. The van der Waals surface area contributed by atoms with Crippen molar-refractivity contribution in [2.45, 2.75) is 26.2 Å². The normalized spacial score (nSPS) is 11.0. The van der Waals surface area contributed by atoms with E-state index in [9.17, 15) is 18.0 Å². The quantitative estimate of drug-likeness (QED) is 0.694. The smallest absolute Gasteiger partial charge is 0.229 e. The number of nitrogens with one attached hydrogen (secondary N) is 2. The van der Waals surface area contributed by atoms with Crippen LogP contribution in [0.4, 0.5) is 11.4 Å². The maximum absolute atomic E-state index is 12.2. The number of hydrogen-bond donors (Lipinski definition) is 2. The van der Waals surface area contributed by atoms with Crippen LogP contribution in [0.3, 0.4) is 0 Å². The first-order valence-electron chi connectivity index (χ1n) is 8.27. The van der Waals surface area contributed by atoms with Crippen molar-refractivity contribution >= 4 is 33.1 Å². The van der Waals surface area contributed by atoms with Gasteiger partial charge in [-0.2, -0.15) is 0 Å². The van der Waals surface area contributed by atoms with Crippen LogP contribution >= 0.6 is 0 Å². The molecule has 0 unspecified atom stereocenters. The highest BCUT2D eigenvalue weighted by atomic mass is 32.2. The minimum Gasteiger partial charge on any atom is -0.324 e. The third-order valence-corrected chi connectivity index (χ3v) is 4.35. The van der Waals surface area contributed by atoms with E-state index in [2.05, 4.69) is 10.0 Å². The Morgan fingerprint density at radius 2 is 1.54 bits per heavy atom. The van der Waals surface area contributed by atoms with Crippen molar-refractivity contribution in [2.24, 2.45) is 0 Å². The molecule has 7 heteroatoms. The van der Waals surface area contributed by atoms with E-state index in [0.29, 0.717) is 11.3 Å². The number of carbonyl (C=O) groups excluding carboxylic acids is 2. The van der Waals surface area contributed by atoms with Gasteiger partial charge in [-0.15, -0.1) is 0 Å². The number of Topliss-reactive ketones (excluding diaryl/α,β-unsaturated/α-hetero) is 1. The lowest BCUT2D eigenvalue weighted by Gasteiger charge is -2.11. The summed E-state index contributed by atoms with van der Waals surface area (Å²) in [6, 6.07) is 13.8. The molecule has 0 aliphatic heterocycles. The Balaban J connectivity index is 1.95. The first-order valence-corrected chi connectivity index (χ1v) is 10.2. The Hall–Kier alpha value is -2.67. The van der Waals surface area contributed by atoms with Gasteiger partial charge in [-0.05, 0) is 24.1 Å². The van der Waals surface area contributed by atoms with Gasteiger partial charge in [0, 0.05) is 18.4 Å². The molecule has 6 nitrogen and oxygen atoms in total. The molecule has 138 valence electrons. The molecule has 2 rings (SSSR count). The molecule has 2 aromatic carbocycles. The molecule has 0 atom stereocenters. The molecule has 0 aromatic heterocycles. The van der Waals surface area contributed by atoms with E-state index in [1.165, 1.54) is 0 Å². The Kier molecular flexibility index (Phi) is 6.52. The molecule has 2 N–H and O–H groups in total. The molecule has 0 saturated heterocycles. The van der Waals surface area contributed by atoms with Gasteiger partial charge in [0.05, 0.1) is 17.6 Å². The van der Waals surface area contributed by atoms with Crippen molar-refractivity contribution in [3.8, 4) is 0 Å². The number of carbonyl (C=O) groups is 2. The van der Waals surface area contributed by atoms with Crippen LogP contribution in [0.5, 0.6) is 0 Å². The van der Waals surface area contributed by atoms with Crippen molar-refractivity contribution in [3.05, 3.63) is 59.7 Å². The van der Waals surface area contributed by atoms with Crippen LogP contribution in [0, 0.1) is 0 Å². The molecular weight excluding hydrogens is 352 g/mol. The van der Waals surface area contributed by atoms with Crippen LogP contribution < -0.4 is 10.0 Å². The molecule has 0 fully saturated rings. The van der Waals surface area contributed by atoms with Crippen molar-refractivity contribution < 1.29 is 18.0 Å². The monoisotopic (exact) mass is 374 g/mol. The van der Waals surface area contributed by atoms with Gasteiger partial charge < -0.3 is 5.32 Å². The molecule has 2 aromatic rings. The fourth-order valence-corrected chi connectivity index (χ4v) is 2.97. The van der Waals surface area contributed by atoms with Crippen LogP contribution in [0.15, 0.2) is 48.5 Å². The maximum Gasteiger partial charge on any atom is 0.229 e. The van der Waals surface area contributed by atoms with E-state index >= 15 is 0 Å². The molecule has 0 saturated carbocycles. The summed E-state index contributed by atoms with van der Waals surface area (Å²) in [5.41, 5.74) is 2.36. The Bertz CT molecular complexity index is 890. The molecule has 0 spiro atoms. The highest BCUT2D eigenvalue weighted by Crippen LogP contribution is 2.22. The van der Waals surface area contributed by atoms with E-state index in [1.807, 2.05) is 19.1 Å². The molecule has 0 aliphatic rings. The lowest BCUT2D eigenvalue weighted by molar-refractivity contribution is -0.116. The second-order valence-electron chi connectivity index (χ2n) is 5.94. The number of sulfonamides is 1. The van der Waals surface area contributed by atoms with E-state index < -0.39 is 10.0 Å². The molecule has 0 radical (unpaired) electrons. The van der Waals surface area contributed by atoms with E-state index in [-0.39, 0.29) is 30.2 Å². The first-order chi connectivity index (χ1) is 12.3. The number of rotatable bonds is 8. The number of aryl methyl sites for hydroxylation is 1. The van der Waals surface area contributed by atoms with Gasteiger partial charge >= 0.3 is 0 Å². The topological polar surface area (TPSA) is 92.3 Å². The van der Waals surface area contributed by atoms with E-state index in [4.69, 9.17) is 0 Å². The number of para-hydroxylation sites is 2. The van der Waals surface area contributed by atoms with Crippen molar-refractivity contribution in [3.63, 3.8) is 0 Å². The standard InChI is InChI=1S/C19H22N2O4S/c1-3-14-8-10-15(11-9-14)18(22)12-13-19(23)20-16-6-4-5-7-17(16)21-26(2,24)25/h4-11,21H,3,12-13H2,1-2H3,(H,20,23). The lowest BCUT2D eigenvalue weighted by Crippen LogP contribution is -2.16. The zero-order valence-corrected chi connectivity index (χ0v) is 15.6. The number of anilines is 2. The minimum absolute atomic E-state index is 0.0154. The fraction of sp³-hybridized carbons (Fsp3) is 0.263. The molecular formula is C19H22N2O4S. The van der Waals surface area contributed by atoms with Gasteiger partial charge in [0.1, 0.15) is 0 Å². The van der Waals surface area contributed by atoms with Crippen molar-refractivity contribution in [2.75, 3.05) is 16.3 Å². The van der Waals surface area contributed by atoms with Crippen molar-refractivity contribution in [1.29, 1.82) is 0 Å². The molecule has 0 bridgehead atoms. The highest BCUT2D eigenvalue weighted by molar-refractivity contribution is 7.92. The second kappa shape index (κ2) is 8.62. The van der Waals surface area contributed by atoms with Crippen LogP contribution in [0.1, 0.15) is 35.7 Å². The number of benzene rings is 2. The maximum atomic E-state index is 12.2. The summed E-state index contributed by atoms with van der Waals surface area (Å²) in [6.07, 6.45) is 2.03. The summed E-state index contributed by atoms with van der Waals surface area (Å²) in [7, 11) is -3.46. The van der Waals surface area contributed by atoms with Crippen LogP contribution in [0.2, 0.25) is 0 Å². The van der Waals surface area contributed by atoms with Crippen LogP contribution in [-0.4, -0.2) is 26.4 Å². The van der Waals surface area contributed by atoms with Gasteiger partial charge in [-0.3, -0.25) is 14.3 Å². The second-order valence-corrected chi connectivity index (χ2v) is 7.69. The lowest BCUT2D eigenvalue weighted by atomic mass is 10.0. The number of amides is 1. The Morgan fingerprint density at radius 3 is 2.12 bits per heavy atom. The number of ketones is 1. The summed E-state index contributed by atoms with van der Waals surface area (Å²) in [4.78, 5) is 24.3.